The highest BCUT2D eigenvalue weighted by Crippen LogP contribution is 2.27. The summed E-state index contributed by atoms with van der Waals surface area (Å²) >= 11 is 0. The van der Waals surface area contributed by atoms with Gasteiger partial charge in [-0.15, -0.1) is 0 Å². The fraction of sp³-hybridized carbons (Fsp3) is 0.647. The largest absolute Gasteiger partial charge is 0.504 e. The highest BCUT2D eigenvalue weighted by Gasteiger charge is 2.19. The molecule has 0 radical (unpaired) electrons. The van der Waals surface area contributed by atoms with Crippen molar-refractivity contribution in [2.45, 2.75) is 58.5 Å². The number of phenolic OH excluding ortho intramolecular Hbond substituents is 1. The molecule has 1 aliphatic rings. The molecule has 0 heterocycles. The van der Waals surface area contributed by atoms with Crippen molar-refractivity contribution in [1.82, 2.24) is 5.32 Å². The van der Waals surface area contributed by atoms with E-state index >= 15 is 0 Å². The SMILES string of the molecule is CCOc1cc(CNC2CCCCCC2C)ccc1O. The second kappa shape index (κ2) is 7.53. The lowest BCUT2D eigenvalue weighted by molar-refractivity contribution is 0.317. The molecule has 0 saturated heterocycles. The van der Waals surface area contributed by atoms with Crippen LogP contribution in [0.5, 0.6) is 11.5 Å². The number of hydrogen-bond donors (Lipinski definition) is 2. The summed E-state index contributed by atoms with van der Waals surface area (Å²) in [5.74, 6) is 1.56. The normalized spacial score (nSPS) is 23.3. The molecule has 1 saturated carbocycles. The number of nitrogens with one attached hydrogen (secondary N) is 1. The summed E-state index contributed by atoms with van der Waals surface area (Å²) in [7, 11) is 0. The smallest absolute Gasteiger partial charge is 0.161 e. The van der Waals surface area contributed by atoms with Crippen LogP contribution in [0.25, 0.3) is 0 Å². The van der Waals surface area contributed by atoms with E-state index in [1.807, 2.05) is 19.1 Å². The van der Waals surface area contributed by atoms with Crippen molar-refractivity contribution < 1.29 is 9.84 Å². The van der Waals surface area contributed by atoms with Gasteiger partial charge < -0.3 is 15.2 Å². The molecule has 3 nitrogen and oxygen atoms in total. The Morgan fingerprint density at radius 1 is 1.25 bits per heavy atom. The molecule has 112 valence electrons. The van der Waals surface area contributed by atoms with E-state index in [-0.39, 0.29) is 5.75 Å². The van der Waals surface area contributed by atoms with E-state index in [1.54, 1.807) is 6.07 Å². The fourth-order valence-corrected chi connectivity index (χ4v) is 2.98. The van der Waals surface area contributed by atoms with E-state index < -0.39 is 0 Å². The highest BCUT2D eigenvalue weighted by atomic mass is 16.5. The number of hydrogen-bond acceptors (Lipinski definition) is 3. The summed E-state index contributed by atoms with van der Waals surface area (Å²) in [6.45, 7) is 5.70. The van der Waals surface area contributed by atoms with Crippen LogP contribution < -0.4 is 10.1 Å². The van der Waals surface area contributed by atoms with Crippen LogP contribution in [0.15, 0.2) is 18.2 Å². The van der Waals surface area contributed by atoms with Gasteiger partial charge in [0, 0.05) is 12.6 Å². The molecule has 2 rings (SSSR count). The molecule has 3 heteroatoms. The van der Waals surface area contributed by atoms with Crippen LogP contribution in [0.4, 0.5) is 0 Å². The van der Waals surface area contributed by atoms with Gasteiger partial charge in [0.25, 0.3) is 0 Å². The second-order valence-electron chi connectivity index (χ2n) is 5.84. The average Bonchev–Trinajstić information content (AvgIpc) is 2.65. The van der Waals surface area contributed by atoms with Gasteiger partial charge in [-0.2, -0.15) is 0 Å². The predicted molar refractivity (Wildman–Crippen MR) is 82.2 cm³/mol. The monoisotopic (exact) mass is 277 g/mol. The second-order valence-corrected chi connectivity index (χ2v) is 5.84. The maximum Gasteiger partial charge on any atom is 0.161 e. The third-order valence-electron chi connectivity index (χ3n) is 4.25. The summed E-state index contributed by atoms with van der Waals surface area (Å²) in [6.07, 6.45) is 6.68. The van der Waals surface area contributed by atoms with E-state index in [0.29, 0.717) is 18.4 Å². The Bertz CT molecular complexity index is 419. The van der Waals surface area contributed by atoms with Crippen LogP contribution in [-0.4, -0.2) is 17.8 Å². The van der Waals surface area contributed by atoms with Crippen molar-refractivity contribution in [3.8, 4) is 11.5 Å². The first-order valence-electron chi connectivity index (χ1n) is 7.88. The number of ether oxygens (including phenoxy) is 1. The molecule has 1 aromatic rings. The fourth-order valence-electron chi connectivity index (χ4n) is 2.98. The molecule has 2 unspecified atom stereocenters. The number of aromatic hydroxyl groups is 1. The van der Waals surface area contributed by atoms with Crippen molar-refractivity contribution in [2.75, 3.05) is 6.61 Å². The van der Waals surface area contributed by atoms with Gasteiger partial charge in [-0.1, -0.05) is 32.3 Å². The van der Waals surface area contributed by atoms with Crippen molar-refractivity contribution in [1.29, 1.82) is 0 Å². The first-order chi connectivity index (χ1) is 9.70. The molecule has 2 N–H and O–H groups in total. The van der Waals surface area contributed by atoms with Crippen LogP contribution in [0, 0.1) is 5.92 Å². The van der Waals surface area contributed by atoms with Crippen molar-refractivity contribution in [3.05, 3.63) is 23.8 Å². The summed E-state index contributed by atoms with van der Waals surface area (Å²) in [5, 5.41) is 13.4. The molecule has 1 aromatic carbocycles. The molecule has 2 atom stereocenters. The Hall–Kier alpha value is -1.22. The van der Waals surface area contributed by atoms with E-state index in [0.717, 1.165) is 12.5 Å². The highest BCUT2D eigenvalue weighted by molar-refractivity contribution is 5.41. The summed E-state index contributed by atoms with van der Waals surface area (Å²) in [4.78, 5) is 0. The summed E-state index contributed by atoms with van der Waals surface area (Å²) < 4.78 is 5.43. The standard InChI is InChI=1S/C17H27NO2/c1-3-20-17-11-14(9-10-16(17)19)12-18-15-8-6-4-5-7-13(15)2/h9-11,13,15,18-19H,3-8,12H2,1-2H3. The Morgan fingerprint density at radius 3 is 2.85 bits per heavy atom. The molecule has 20 heavy (non-hydrogen) atoms. The van der Waals surface area contributed by atoms with Gasteiger partial charge in [0.05, 0.1) is 6.61 Å². The lowest BCUT2D eigenvalue weighted by Gasteiger charge is -2.23. The first kappa shape index (κ1) is 15.2. The number of phenols is 1. The van der Waals surface area contributed by atoms with Gasteiger partial charge in [0.15, 0.2) is 11.5 Å². The Morgan fingerprint density at radius 2 is 2.05 bits per heavy atom. The molecule has 0 bridgehead atoms. The van der Waals surface area contributed by atoms with Gasteiger partial charge in [-0.25, -0.2) is 0 Å². The molecule has 0 amide bonds. The van der Waals surface area contributed by atoms with Gasteiger partial charge in [0.1, 0.15) is 0 Å². The maximum absolute atomic E-state index is 9.72. The van der Waals surface area contributed by atoms with Crippen LogP contribution in [0.3, 0.4) is 0 Å². The van der Waals surface area contributed by atoms with Crippen molar-refractivity contribution in [2.24, 2.45) is 5.92 Å². The molecule has 0 aliphatic heterocycles. The zero-order chi connectivity index (χ0) is 14.4. The van der Waals surface area contributed by atoms with Gasteiger partial charge in [-0.3, -0.25) is 0 Å². The number of rotatable bonds is 5. The van der Waals surface area contributed by atoms with E-state index in [4.69, 9.17) is 4.74 Å². The van der Waals surface area contributed by atoms with Gasteiger partial charge >= 0.3 is 0 Å². The topological polar surface area (TPSA) is 41.5 Å². The third-order valence-corrected chi connectivity index (χ3v) is 4.25. The van der Waals surface area contributed by atoms with Crippen molar-refractivity contribution in [3.63, 3.8) is 0 Å². The van der Waals surface area contributed by atoms with Gasteiger partial charge in [0.2, 0.25) is 0 Å². The molecular weight excluding hydrogens is 250 g/mol. The molecular formula is C17H27NO2. The zero-order valence-corrected chi connectivity index (χ0v) is 12.7. The first-order valence-corrected chi connectivity index (χ1v) is 7.88. The molecule has 1 aliphatic carbocycles. The van der Waals surface area contributed by atoms with Crippen LogP contribution in [0.2, 0.25) is 0 Å². The maximum atomic E-state index is 9.72. The van der Waals surface area contributed by atoms with Crippen LogP contribution >= 0.6 is 0 Å². The quantitative estimate of drug-likeness (QED) is 0.803. The van der Waals surface area contributed by atoms with Crippen LogP contribution in [0.1, 0.15) is 51.5 Å². The minimum Gasteiger partial charge on any atom is -0.504 e. The Labute approximate surface area is 122 Å². The Balaban J connectivity index is 1.94. The minimum absolute atomic E-state index is 0.221. The van der Waals surface area contributed by atoms with E-state index in [1.165, 1.54) is 37.7 Å². The molecule has 0 aromatic heterocycles. The zero-order valence-electron chi connectivity index (χ0n) is 12.7. The third kappa shape index (κ3) is 4.14. The summed E-state index contributed by atoms with van der Waals surface area (Å²) in [6, 6.07) is 6.24. The lowest BCUT2D eigenvalue weighted by Crippen LogP contribution is -2.33. The number of benzene rings is 1. The Kier molecular flexibility index (Phi) is 5.72. The predicted octanol–water partition coefficient (Wildman–Crippen LogP) is 3.85. The summed E-state index contributed by atoms with van der Waals surface area (Å²) in [5.41, 5.74) is 1.17. The van der Waals surface area contributed by atoms with E-state index in [2.05, 4.69) is 12.2 Å². The van der Waals surface area contributed by atoms with Gasteiger partial charge in [-0.05, 0) is 43.4 Å². The van der Waals surface area contributed by atoms with Crippen molar-refractivity contribution >= 4 is 0 Å². The van der Waals surface area contributed by atoms with Crippen LogP contribution in [-0.2, 0) is 6.54 Å². The minimum atomic E-state index is 0.221. The molecule has 1 fully saturated rings. The van der Waals surface area contributed by atoms with E-state index in [9.17, 15) is 5.11 Å². The molecule has 0 spiro atoms. The lowest BCUT2D eigenvalue weighted by atomic mass is 9.97. The average molecular weight is 277 g/mol.